The Hall–Kier alpha value is -2.92. The van der Waals surface area contributed by atoms with Crippen LogP contribution in [-0.2, 0) is 30.5 Å². The predicted octanol–water partition coefficient (Wildman–Crippen LogP) is 6.60. The Bertz CT molecular complexity index is 1530. The number of nitrogen functional groups attached to an aromatic ring is 1. The van der Waals surface area contributed by atoms with Gasteiger partial charge in [-0.2, -0.15) is 8.42 Å². The largest absolute Gasteiger partial charge is 2.00 e. The van der Waals surface area contributed by atoms with E-state index in [0.717, 1.165) is 46.0 Å². The van der Waals surface area contributed by atoms with E-state index in [2.05, 4.69) is 39.0 Å². The second-order valence-electron chi connectivity index (χ2n) is 10.3. The zero-order chi connectivity index (χ0) is 30.2. The van der Waals surface area contributed by atoms with Gasteiger partial charge in [-0.15, -0.1) is 35.9 Å². The average molecular weight is 702 g/mol. The van der Waals surface area contributed by atoms with Gasteiger partial charge in [0.15, 0.2) is 12.1 Å². The number of fused-ring (bicyclic) bond motifs is 1. The maximum absolute atomic E-state index is 9.19. The van der Waals surface area contributed by atoms with Crippen molar-refractivity contribution in [3.8, 4) is 39.5 Å². The summed E-state index contributed by atoms with van der Waals surface area (Å²) in [6, 6.07) is 31.0. The molecule has 1 aliphatic rings. The monoisotopic (exact) mass is 701 g/mol. The molecule has 3 N–H and O–H groups in total. The van der Waals surface area contributed by atoms with Crippen LogP contribution in [0.4, 0.5) is 5.69 Å². The molecular formula is C32H38NO6PPdS+2. The molecule has 10 heteroatoms. The fourth-order valence-corrected chi connectivity index (χ4v) is 7.02. The number of ether oxygens (including phenoxy) is 3. The summed E-state index contributed by atoms with van der Waals surface area (Å²) < 4.78 is 43.1. The van der Waals surface area contributed by atoms with Crippen LogP contribution in [0.2, 0.25) is 0 Å². The van der Waals surface area contributed by atoms with E-state index in [9.17, 15) is 8.42 Å². The van der Waals surface area contributed by atoms with Crippen LogP contribution in [0.25, 0.3) is 22.3 Å². The minimum absolute atomic E-state index is 0. The summed E-state index contributed by atoms with van der Waals surface area (Å²) in [4.78, 5) is 0. The van der Waals surface area contributed by atoms with E-state index in [1.807, 2.05) is 72.8 Å². The topological polar surface area (TPSA) is 108 Å². The predicted molar refractivity (Wildman–Crippen MR) is 171 cm³/mol. The van der Waals surface area contributed by atoms with Gasteiger partial charge in [0.1, 0.15) is 16.8 Å². The first kappa shape index (κ1) is 35.3. The summed E-state index contributed by atoms with van der Waals surface area (Å²) in [5, 5.41) is 1.58. The van der Waals surface area contributed by atoms with Crippen molar-refractivity contribution in [2.45, 2.75) is 25.9 Å². The fraction of sp³-hybridized carbons (Fsp3) is 0.250. The molecule has 0 saturated carbocycles. The first-order valence-electron chi connectivity index (χ1n) is 12.9. The SMILES string of the molecule is COc1cccc(OC)c1-c1cccc2c1[PH+](C(C)(C)C)CO2.CS(=O)(=O)O.Nc1ccccc1-c1[c-]cccc1.[Pd+2]. The summed E-state index contributed by atoms with van der Waals surface area (Å²) in [5.41, 5.74) is 10.9. The van der Waals surface area contributed by atoms with Crippen molar-refractivity contribution >= 4 is 29.0 Å². The Labute approximate surface area is 264 Å². The van der Waals surface area contributed by atoms with Crippen LogP contribution >= 0.6 is 7.92 Å². The summed E-state index contributed by atoms with van der Waals surface area (Å²) in [5.74, 6) is 2.68. The molecule has 1 aliphatic heterocycles. The van der Waals surface area contributed by atoms with Gasteiger partial charge in [0.25, 0.3) is 10.1 Å². The second kappa shape index (κ2) is 15.5. The van der Waals surface area contributed by atoms with E-state index >= 15 is 0 Å². The number of anilines is 1. The molecule has 1 unspecified atom stereocenters. The standard InChI is InChI=1S/C19H23O3P.C12H10N.CH4O3S.Pd/c1-19(2,3)23-12-22-16-11-6-8-13(18(16)23)17-14(20-4)9-7-10-15(17)21-5;13-12-9-5-4-8-11(12)10-6-2-1-3-7-10;1-5(2,3)4;/h6-11H,12H2,1-5H3;1-6,8-9H,13H2;1H3,(H,2,3,4);/q;-1;;+2/p+1. The molecule has 4 aromatic carbocycles. The van der Waals surface area contributed by atoms with Crippen LogP contribution < -0.4 is 25.2 Å². The maximum atomic E-state index is 9.19. The van der Waals surface area contributed by atoms with Crippen LogP contribution in [0.5, 0.6) is 17.2 Å². The first-order valence-corrected chi connectivity index (χ1v) is 16.5. The zero-order valence-electron chi connectivity index (χ0n) is 24.6. The van der Waals surface area contributed by atoms with Crippen LogP contribution in [0, 0.1) is 6.07 Å². The molecule has 0 bridgehead atoms. The Balaban J connectivity index is 0.000000273. The Morgan fingerprint density at radius 2 is 1.43 bits per heavy atom. The van der Waals surface area contributed by atoms with Crippen molar-refractivity contribution in [2.75, 3.05) is 32.6 Å². The van der Waals surface area contributed by atoms with Crippen molar-refractivity contribution in [2.24, 2.45) is 0 Å². The van der Waals surface area contributed by atoms with E-state index in [0.29, 0.717) is 6.26 Å². The Morgan fingerprint density at radius 3 is 1.95 bits per heavy atom. The summed E-state index contributed by atoms with van der Waals surface area (Å²) in [6.45, 7) is 6.90. The van der Waals surface area contributed by atoms with Gasteiger partial charge in [0.05, 0.1) is 39.1 Å². The molecular weight excluding hydrogens is 664 g/mol. The van der Waals surface area contributed by atoms with Crippen LogP contribution in [0.3, 0.4) is 0 Å². The third kappa shape index (κ3) is 9.56. The van der Waals surface area contributed by atoms with E-state index < -0.39 is 18.0 Å². The molecule has 226 valence electrons. The molecule has 1 heterocycles. The minimum atomic E-state index is -3.67. The normalized spacial score (nSPS) is 13.5. The molecule has 0 saturated heterocycles. The number of hydrogen-bond acceptors (Lipinski definition) is 6. The van der Waals surface area contributed by atoms with Gasteiger partial charge in [-0.25, -0.2) is 0 Å². The van der Waals surface area contributed by atoms with Gasteiger partial charge >= 0.3 is 20.4 Å². The number of nitrogens with two attached hydrogens (primary N) is 1. The minimum Gasteiger partial charge on any atom is -0.496 e. The Kier molecular flexibility index (Phi) is 13.0. The molecule has 7 nitrogen and oxygen atoms in total. The summed E-state index contributed by atoms with van der Waals surface area (Å²) >= 11 is 0. The molecule has 0 spiro atoms. The summed E-state index contributed by atoms with van der Waals surface area (Å²) in [7, 11) is -1.11. The van der Waals surface area contributed by atoms with E-state index in [4.69, 9.17) is 24.5 Å². The fourth-order valence-electron chi connectivity index (χ4n) is 4.40. The van der Waals surface area contributed by atoms with Crippen molar-refractivity contribution in [1.29, 1.82) is 0 Å². The molecule has 0 fully saturated rings. The smallest absolute Gasteiger partial charge is 0.496 e. The molecule has 0 aromatic heterocycles. The maximum Gasteiger partial charge on any atom is 2.00 e. The third-order valence-corrected chi connectivity index (χ3v) is 9.63. The van der Waals surface area contributed by atoms with Crippen molar-refractivity contribution in [3.05, 3.63) is 91.0 Å². The van der Waals surface area contributed by atoms with Crippen LogP contribution in [-0.4, -0.2) is 44.9 Å². The average Bonchev–Trinajstić information content (AvgIpc) is 3.38. The first-order chi connectivity index (χ1) is 19.3. The quantitative estimate of drug-likeness (QED) is 0.0812. The van der Waals surface area contributed by atoms with Crippen LogP contribution in [0.1, 0.15) is 20.8 Å². The molecule has 4 aromatic rings. The molecule has 0 amide bonds. The van der Waals surface area contributed by atoms with E-state index in [-0.39, 0.29) is 25.6 Å². The van der Waals surface area contributed by atoms with Crippen molar-refractivity contribution in [3.63, 3.8) is 0 Å². The number of rotatable bonds is 4. The number of methoxy groups -OCH3 is 2. The third-order valence-electron chi connectivity index (χ3n) is 6.26. The number of benzene rings is 4. The molecule has 1 atom stereocenters. The molecule has 0 aliphatic carbocycles. The molecule has 5 rings (SSSR count). The van der Waals surface area contributed by atoms with Gasteiger partial charge < -0.3 is 19.9 Å². The Morgan fingerprint density at radius 1 is 0.881 bits per heavy atom. The van der Waals surface area contributed by atoms with Gasteiger partial charge in [-0.1, -0.05) is 35.9 Å². The van der Waals surface area contributed by atoms with E-state index in [1.54, 1.807) is 14.2 Å². The van der Waals surface area contributed by atoms with Gasteiger partial charge in [-0.05, 0) is 56.8 Å². The molecule has 0 radical (unpaired) electrons. The second-order valence-corrected chi connectivity index (χ2v) is 15.0. The van der Waals surface area contributed by atoms with Gasteiger partial charge in [-0.3, -0.25) is 4.55 Å². The molecule has 42 heavy (non-hydrogen) atoms. The zero-order valence-corrected chi connectivity index (χ0v) is 28.0. The number of hydrogen-bond donors (Lipinski definition) is 2. The van der Waals surface area contributed by atoms with Gasteiger partial charge in [0, 0.05) is 5.56 Å². The number of para-hydroxylation sites is 1. The van der Waals surface area contributed by atoms with Gasteiger partial charge in [0.2, 0.25) is 0 Å². The van der Waals surface area contributed by atoms with Crippen molar-refractivity contribution in [1.82, 2.24) is 0 Å². The summed E-state index contributed by atoms with van der Waals surface area (Å²) in [6.07, 6.45) is 1.53. The van der Waals surface area contributed by atoms with E-state index in [1.165, 1.54) is 10.9 Å². The van der Waals surface area contributed by atoms with Crippen molar-refractivity contribution < 1.29 is 47.6 Å². The van der Waals surface area contributed by atoms with Crippen LogP contribution in [0.15, 0.2) is 84.9 Å².